The Balaban J connectivity index is 2.02. The van der Waals surface area contributed by atoms with E-state index in [4.69, 9.17) is 22.1 Å². The van der Waals surface area contributed by atoms with E-state index in [1.54, 1.807) is 12.1 Å². The van der Waals surface area contributed by atoms with Crippen LogP contribution in [0.3, 0.4) is 0 Å². The molecule has 0 aliphatic heterocycles. The number of amides is 2. The number of halogens is 1. The molecule has 0 atom stereocenters. The average molecular weight is 350 g/mol. The van der Waals surface area contributed by atoms with Crippen molar-refractivity contribution in [3.05, 3.63) is 63.2 Å². The van der Waals surface area contributed by atoms with Crippen LogP contribution in [0.25, 0.3) is 0 Å². The Morgan fingerprint density at radius 1 is 1.25 bits per heavy atom. The molecule has 0 aromatic heterocycles. The number of carbonyl (C=O) groups excluding carboxylic acids is 2. The Kier molecular flexibility index (Phi) is 5.33. The summed E-state index contributed by atoms with van der Waals surface area (Å²) in [6, 6.07) is 9.88. The van der Waals surface area contributed by atoms with Crippen LogP contribution in [0.15, 0.2) is 42.5 Å². The van der Waals surface area contributed by atoms with Gasteiger partial charge in [-0.1, -0.05) is 23.7 Å². The number of nitrogens with zero attached hydrogens (tertiary/aromatic N) is 1. The first kappa shape index (κ1) is 17.2. The van der Waals surface area contributed by atoms with Gasteiger partial charge in [0.1, 0.15) is 5.75 Å². The van der Waals surface area contributed by atoms with E-state index in [0.717, 1.165) is 6.07 Å². The van der Waals surface area contributed by atoms with Gasteiger partial charge in [0.15, 0.2) is 6.61 Å². The van der Waals surface area contributed by atoms with E-state index in [1.807, 2.05) is 0 Å². The lowest BCUT2D eigenvalue weighted by Gasteiger charge is -2.10. The zero-order chi connectivity index (χ0) is 17.7. The highest BCUT2D eigenvalue weighted by molar-refractivity contribution is 6.32. The summed E-state index contributed by atoms with van der Waals surface area (Å²) in [7, 11) is 0. The number of nitro groups is 1. The number of nitrogens with one attached hydrogen (secondary N) is 1. The Bertz CT molecular complexity index is 809. The van der Waals surface area contributed by atoms with Crippen molar-refractivity contribution >= 4 is 34.8 Å². The quantitative estimate of drug-likeness (QED) is 0.611. The van der Waals surface area contributed by atoms with Crippen molar-refractivity contribution in [2.24, 2.45) is 5.73 Å². The molecule has 0 spiro atoms. The number of benzene rings is 2. The summed E-state index contributed by atoms with van der Waals surface area (Å²) in [5.74, 6) is -1.09. The number of nitro benzene ring substituents is 1. The van der Waals surface area contributed by atoms with Crippen molar-refractivity contribution in [2.75, 3.05) is 11.9 Å². The van der Waals surface area contributed by atoms with Gasteiger partial charge in [-0.2, -0.15) is 0 Å². The number of anilines is 1. The van der Waals surface area contributed by atoms with Crippen LogP contribution in [-0.2, 0) is 4.79 Å². The first-order chi connectivity index (χ1) is 11.4. The minimum absolute atomic E-state index is 0.00883. The summed E-state index contributed by atoms with van der Waals surface area (Å²) < 4.78 is 5.22. The maximum absolute atomic E-state index is 11.9. The zero-order valence-electron chi connectivity index (χ0n) is 12.2. The second kappa shape index (κ2) is 7.42. The molecule has 124 valence electrons. The largest absolute Gasteiger partial charge is 0.482 e. The van der Waals surface area contributed by atoms with E-state index in [2.05, 4.69) is 5.32 Å². The van der Waals surface area contributed by atoms with Crippen LogP contribution in [-0.4, -0.2) is 23.3 Å². The lowest BCUT2D eigenvalue weighted by molar-refractivity contribution is -0.384. The monoisotopic (exact) mass is 349 g/mol. The number of carbonyl (C=O) groups is 2. The Labute approximate surface area is 141 Å². The molecule has 0 aliphatic rings. The number of para-hydroxylation sites is 1. The van der Waals surface area contributed by atoms with Crippen molar-refractivity contribution in [2.45, 2.75) is 0 Å². The SMILES string of the molecule is NC(=O)c1ccccc1NC(=O)COc1ccc([N+](=O)[O-])cc1Cl. The highest BCUT2D eigenvalue weighted by Gasteiger charge is 2.13. The number of nitrogens with two attached hydrogens (primary N) is 1. The Hall–Kier alpha value is -3.13. The van der Waals surface area contributed by atoms with E-state index in [0.29, 0.717) is 0 Å². The summed E-state index contributed by atoms with van der Waals surface area (Å²) in [5, 5.41) is 13.1. The van der Waals surface area contributed by atoms with Crippen LogP contribution in [0.2, 0.25) is 5.02 Å². The average Bonchev–Trinajstić information content (AvgIpc) is 2.53. The molecule has 0 heterocycles. The second-order valence-electron chi connectivity index (χ2n) is 4.62. The molecule has 2 aromatic rings. The summed E-state index contributed by atoms with van der Waals surface area (Å²) >= 11 is 5.86. The molecule has 0 saturated carbocycles. The predicted octanol–water partition coefficient (Wildman–Crippen LogP) is 2.36. The number of rotatable bonds is 6. The van der Waals surface area contributed by atoms with Crippen LogP contribution >= 0.6 is 11.6 Å². The fraction of sp³-hybridized carbons (Fsp3) is 0.0667. The Morgan fingerprint density at radius 2 is 1.96 bits per heavy atom. The van der Waals surface area contributed by atoms with Gasteiger partial charge in [0.05, 0.1) is 21.2 Å². The zero-order valence-corrected chi connectivity index (χ0v) is 12.9. The van der Waals surface area contributed by atoms with Crippen molar-refractivity contribution in [3.8, 4) is 5.75 Å². The topological polar surface area (TPSA) is 125 Å². The van der Waals surface area contributed by atoms with E-state index in [-0.39, 0.29) is 27.7 Å². The Morgan fingerprint density at radius 3 is 2.58 bits per heavy atom. The molecule has 0 bridgehead atoms. The van der Waals surface area contributed by atoms with Crippen LogP contribution < -0.4 is 15.8 Å². The van der Waals surface area contributed by atoms with Crippen molar-refractivity contribution in [1.29, 1.82) is 0 Å². The molecule has 24 heavy (non-hydrogen) atoms. The summed E-state index contributed by atoms with van der Waals surface area (Å²) in [5.41, 5.74) is 5.46. The van der Waals surface area contributed by atoms with Gasteiger partial charge in [-0.05, 0) is 18.2 Å². The predicted molar refractivity (Wildman–Crippen MR) is 87.2 cm³/mol. The molecule has 0 aliphatic carbocycles. The number of ether oxygens (including phenoxy) is 1. The van der Waals surface area contributed by atoms with Crippen LogP contribution in [0.1, 0.15) is 10.4 Å². The molecule has 9 heteroatoms. The van der Waals surface area contributed by atoms with Gasteiger partial charge >= 0.3 is 0 Å². The van der Waals surface area contributed by atoms with E-state index in [1.165, 1.54) is 24.3 Å². The molecule has 3 N–H and O–H groups in total. The van der Waals surface area contributed by atoms with Crippen molar-refractivity contribution in [1.82, 2.24) is 0 Å². The fourth-order valence-electron chi connectivity index (χ4n) is 1.86. The highest BCUT2D eigenvalue weighted by Crippen LogP contribution is 2.28. The maximum atomic E-state index is 11.9. The normalized spacial score (nSPS) is 10.0. The number of hydrogen-bond acceptors (Lipinski definition) is 5. The summed E-state index contributed by atoms with van der Waals surface area (Å²) in [6.45, 7) is -0.398. The van der Waals surface area contributed by atoms with Crippen LogP contribution in [0, 0.1) is 10.1 Å². The lowest BCUT2D eigenvalue weighted by atomic mass is 10.1. The minimum Gasteiger partial charge on any atom is -0.482 e. The van der Waals surface area contributed by atoms with Crippen LogP contribution in [0.5, 0.6) is 5.75 Å². The smallest absolute Gasteiger partial charge is 0.271 e. The summed E-state index contributed by atoms with van der Waals surface area (Å²) in [6.07, 6.45) is 0. The van der Waals surface area contributed by atoms with E-state index in [9.17, 15) is 19.7 Å². The van der Waals surface area contributed by atoms with Gasteiger partial charge in [-0.3, -0.25) is 19.7 Å². The molecule has 0 unspecified atom stereocenters. The fourth-order valence-corrected chi connectivity index (χ4v) is 2.09. The second-order valence-corrected chi connectivity index (χ2v) is 5.03. The molecular weight excluding hydrogens is 338 g/mol. The third kappa shape index (κ3) is 4.20. The molecule has 2 rings (SSSR count). The molecule has 2 amide bonds. The molecule has 0 saturated heterocycles. The molecule has 8 nitrogen and oxygen atoms in total. The molecule has 0 radical (unpaired) electrons. The number of primary amides is 1. The minimum atomic E-state index is -0.676. The van der Waals surface area contributed by atoms with Gasteiger partial charge < -0.3 is 15.8 Å². The molecule has 0 fully saturated rings. The molecular formula is C15H12ClN3O5. The van der Waals surface area contributed by atoms with Gasteiger partial charge in [0.2, 0.25) is 0 Å². The third-order valence-corrected chi connectivity index (χ3v) is 3.25. The van der Waals surface area contributed by atoms with Gasteiger partial charge in [-0.15, -0.1) is 0 Å². The van der Waals surface area contributed by atoms with Gasteiger partial charge in [0.25, 0.3) is 17.5 Å². The first-order valence-corrected chi connectivity index (χ1v) is 7.01. The van der Waals surface area contributed by atoms with E-state index < -0.39 is 23.3 Å². The van der Waals surface area contributed by atoms with Crippen molar-refractivity contribution < 1.29 is 19.2 Å². The molecule has 2 aromatic carbocycles. The van der Waals surface area contributed by atoms with Crippen molar-refractivity contribution in [3.63, 3.8) is 0 Å². The van der Waals surface area contributed by atoms with Gasteiger partial charge in [-0.25, -0.2) is 0 Å². The number of non-ortho nitro benzene ring substituents is 1. The third-order valence-electron chi connectivity index (χ3n) is 2.95. The van der Waals surface area contributed by atoms with E-state index >= 15 is 0 Å². The number of hydrogen-bond donors (Lipinski definition) is 2. The first-order valence-electron chi connectivity index (χ1n) is 6.64. The highest BCUT2D eigenvalue weighted by atomic mass is 35.5. The van der Waals surface area contributed by atoms with Gasteiger partial charge in [0, 0.05) is 12.1 Å². The van der Waals surface area contributed by atoms with Crippen LogP contribution in [0.4, 0.5) is 11.4 Å². The standard InChI is InChI=1S/C15H12ClN3O5/c16-11-7-9(19(22)23)5-6-13(11)24-8-14(20)18-12-4-2-1-3-10(12)15(17)21/h1-7H,8H2,(H2,17,21)(H,18,20). The maximum Gasteiger partial charge on any atom is 0.271 e. The lowest BCUT2D eigenvalue weighted by Crippen LogP contribution is -2.23. The summed E-state index contributed by atoms with van der Waals surface area (Å²) in [4.78, 5) is 33.2.